The van der Waals surface area contributed by atoms with Gasteiger partial charge in [-0.05, 0) is 49.7 Å². The monoisotopic (exact) mass is 474 g/mol. The van der Waals surface area contributed by atoms with Gasteiger partial charge in [0.1, 0.15) is 10.6 Å². The normalized spacial score (nSPS) is 12.0. The van der Waals surface area contributed by atoms with Crippen LogP contribution in [0.5, 0.6) is 5.75 Å². The van der Waals surface area contributed by atoms with Crippen LogP contribution >= 0.6 is 0 Å². The van der Waals surface area contributed by atoms with Crippen LogP contribution < -0.4 is 9.50 Å². The molecule has 1 N–H and O–H groups in total. The number of methoxy groups -OCH3 is 1. The van der Waals surface area contributed by atoms with E-state index in [0.29, 0.717) is 24.8 Å². The average Bonchev–Trinajstić information content (AvgIpc) is 2.70. The summed E-state index contributed by atoms with van der Waals surface area (Å²) in [6.45, 7) is 4.37. The molecule has 0 heterocycles. The molecule has 0 fully saturated rings. The second-order valence-electron chi connectivity index (χ2n) is 7.23. The summed E-state index contributed by atoms with van der Waals surface area (Å²) in [4.78, 5) is 13.3. The molecule has 0 unspecified atom stereocenters. The lowest BCUT2D eigenvalue weighted by Gasteiger charge is -2.24. The summed E-state index contributed by atoms with van der Waals surface area (Å²) in [7, 11) is -3.00. The quantitative estimate of drug-likeness (QED) is 0.555. The zero-order valence-corrected chi connectivity index (χ0v) is 18.7. The molecule has 0 aromatic heterocycles. The van der Waals surface area contributed by atoms with Crippen LogP contribution in [0.1, 0.15) is 25.0 Å². The number of benzene rings is 2. The van der Waals surface area contributed by atoms with Crippen LogP contribution in [0.2, 0.25) is 0 Å². The third-order valence-corrected chi connectivity index (χ3v) is 5.44. The lowest BCUT2D eigenvalue weighted by Crippen LogP contribution is -2.43. The topological polar surface area (TPSA) is 84.9 Å². The molecule has 0 bridgehead atoms. The first kappa shape index (κ1) is 25.5. The molecule has 0 aliphatic heterocycles. The maximum absolute atomic E-state index is 12.9. The van der Waals surface area contributed by atoms with Crippen LogP contribution in [0.3, 0.4) is 0 Å². The smallest absolute Gasteiger partial charge is 0.383 e. The van der Waals surface area contributed by atoms with Crippen LogP contribution in [0, 0.1) is 0 Å². The Bertz CT molecular complexity index is 1030. The predicted molar refractivity (Wildman–Crippen MR) is 112 cm³/mol. The summed E-state index contributed by atoms with van der Waals surface area (Å²) in [5.74, 6) is -0.0872. The van der Waals surface area contributed by atoms with Gasteiger partial charge < -0.3 is 19.1 Å². The average molecular weight is 475 g/mol. The maximum Gasteiger partial charge on any atom is 0.416 e. The molecule has 0 atom stereocenters. The van der Waals surface area contributed by atoms with Crippen molar-refractivity contribution in [1.29, 1.82) is 0 Å². The van der Waals surface area contributed by atoms with E-state index in [4.69, 9.17) is 8.92 Å². The van der Waals surface area contributed by atoms with Crippen molar-refractivity contribution >= 4 is 16.1 Å². The molecule has 2 aromatic rings. The molecule has 7 nitrogen and oxygen atoms in total. The predicted octanol–water partition coefficient (Wildman–Crippen LogP) is 4.04. The SMILES string of the molecule is COCCN(Cc1cccc(OS(=O)(=O)c2cccc(C(F)(F)F)c2)c1)C(=O)NC(C)C. The summed E-state index contributed by atoms with van der Waals surface area (Å²) < 4.78 is 73.8. The minimum atomic E-state index is -4.69. The van der Waals surface area contributed by atoms with Crippen LogP contribution in [0.25, 0.3) is 0 Å². The first-order valence-corrected chi connectivity index (χ1v) is 11.1. The van der Waals surface area contributed by atoms with Gasteiger partial charge in [0, 0.05) is 26.2 Å². The summed E-state index contributed by atoms with van der Waals surface area (Å²) >= 11 is 0. The van der Waals surface area contributed by atoms with Crippen molar-refractivity contribution < 1.29 is 35.3 Å². The van der Waals surface area contributed by atoms with Crippen LogP contribution in [-0.2, 0) is 27.6 Å². The van der Waals surface area contributed by atoms with E-state index < -0.39 is 26.8 Å². The summed E-state index contributed by atoms with van der Waals surface area (Å²) in [6, 6.07) is 8.88. The number of rotatable bonds is 9. The molecule has 2 amide bonds. The highest BCUT2D eigenvalue weighted by atomic mass is 32.2. The van der Waals surface area contributed by atoms with Crippen molar-refractivity contribution in [2.45, 2.75) is 37.5 Å². The van der Waals surface area contributed by atoms with Crippen molar-refractivity contribution in [2.24, 2.45) is 0 Å². The minimum absolute atomic E-state index is 0.0835. The fraction of sp³-hybridized carbons (Fsp3) is 0.381. The Kier molecular flexibility index (Phi) is 8.51. The van der Waals surface area contributed by atoms with Crippen molar-refractivity contribution in [3.63, 3.8) is 0 Å². The van der Waals surface area contributed by atoms with Crippen LogP contribution in [-0.4, -0.2) is 45.7 Å². The number of carbonyl (C=O) groups is 1. The van der Waals surface area contributed by atoms with E-state index in [9.17, 15) is 26.4 Å². The number of nitrogens with one attached hydrogen (secondary N) is 1. The number of carbonyl (C=O) groups excluding carboxylic acids is 1. The van der Waals surface area contributed by atoms with Crippen molar-refractivity contribution in [3.05, 3.63) is 59.7 Å². The van der Waals surface area contributed by atoms with E-state index in [2.05, 4.69) is 5.32 Å². The zero-order valence-electron chi connectivity index (χ0n) is 17.8. The lowest BCUT2D eigenvalue weighted by atomic mass is 10.2. The van der Waals surface area contributed by atoms with E-state index in [-0.39, 0.29) is 24.4 Å². The molecule has 2 aromatic carbocycles. The Labute approximate surface area is 185 Å². The highest BCUT2D eigenvalue weighted by Gasteiger charge is 2.32. The number of nitrogens with zero attached hydrogens (tertiary/aromatic N) is 1. The Morgan fingerprint density at radius 3 is 2.44 bits per heavy atom. The van der Waals surface area contributed by atoms with Gasteiger partial charge in [0.05, 0.1) is 12.2 Å². The first-order chi connectivity index (χ1) is 14.9. The second kappa shape index (κ2) is 10.7. The molecule has 0 saturated carbocycles. The summed E-state index contributed by atoms with van der Waals surface area (Å²) in [5.41, 5.74) is -0.530. The van der Waals surface area contributed by atoms with E-state index in [0.717, 1.165) is 18.2 Å². The molecule has 0 saturated heterocycles. The van der Waals surface area contributed by atoms with Gasteiger partial charge >= 0.3 is 22.3 Å². The van der Waals surface area contributed by atoms with Gasteiger partial charge in [-0.1, -0.05) is 18.2 Å². The minimum Gasteiger partial charge on any atom is -0.383 e. The Morgan fingerprint density at radius 2 is 1.81 bits per heavy atom. The molecular formula is C21H25F3N2O5S. The number of hydrogen-bond acceptors (Lipinski definition) is 5. The molecule has 0 aliphatic rings. The van der Waals surface area contributed by atoms with Crippen molar-refractivity contribution in [2.75, 3.05) is 20.3 Å². The maximum atomic E-state index is 12.9. The van der Waals surface area contributed by atoms with Gasteiger partial charge in [-0.3, -0.25) is 0 Å². The molecule has 2 rings (SSSR count). The van der Waals surface area contributed by atoms with Gasteiger partial charge in [-0.25, -0.2) is 4.79 Å². The van der Waals surface area contributed by atoms with E-state index in [1.807, 2.05) is 13.8 Å². The van der Waals surface area contributed by atoms with Gasteiger partial charge in [0.15, 0.2) is 0 Å². The molecule has 0 spiro atoms. The fourth-order valence-electron chi connectivity index (χ4n) is 2.71. The summed E-state index contributed by atoms with van der Waals surface area (Å²) in [6.07, 6.45) is -4.69. The lowest BCUT2D eigenvalue weighted by molar-refractivity contribution is -0.137. The highest BCUT2D eigenvalue weighted by Crippen LogP contribution is 2.31. The highest BCUT2D eigenvalue weighted by molar-refractivity contribution is 7.87. The number of amides is 2. The molecular weight excluding hydrogens is 449 g/mol. The standard InChI is InChI=1S/C21H25F3N2O5S/c1-15(2)25-20(27)26(10-11-30-3)14-16-6-4-8-18(12-16)31-32(28,29)19-9-5-7-17(13-19)21(22,23)24/h4-9,12-13,15H,10-11,14H2,1-3H3,(H,25,27). The van der Waals surface area contributed by atoms with E-state index in [1.54, 1.807) is 6.07 Å². The second-order valence-corrected chi connectivity index (χ2v) is 8.78. The Hall–Kier alpha value is -2.79. The number of hydrogen-bond donors (Lipinski definition) is 1. The van der Waals surface area contributed by atoms with Crippen LogP contribution in [0.4, 0.5) is 18.0 Å². The van der Waals surface area contributed by atoms with E-state index in [1.165, 1.54) is 30.2 Å². The molecule has 176 valence electrons. The Balaban J connectivity index is 2.22. The number of ether oxygens (including phenoxy) is 1. The Morgan fingerprint density at radius 1 is 1.12 bits per heavy atom. The fourth-order valence-corrected chi connectivity index (χ4v) is 3.68. The number of halogens is 3. The van der Waals surface area contributed by atoms with Crippen molar-refractivity contribution in [3.8, 4) is 5.75 Å². The molecule has 32 heavy (non-hydrogen) atoms. The third kappa shape index (κ3) is 7.41. The molecule has 0 radical (unpaired) electrons. The third-order valence-electron chi connectivity index (χ3n) is 4.19. The van der Waals surface area contributed by atoms with Crippen molar-refractivity contribution in [1.82, 2.24) is 10.2 Å². The number of alkyl halides is 3. The zero-order chi connectivity index (χ0) is 23.9. The van der Waals surface area contributed by atoms with Crippen LogP contribution in [0.15, 0.2) is 53.4 Å². The van der Waals surface area contributed by atoms with Gasteiger partial charge in [0.25, 0.3) is 0 Å². The van der Waals surface area contributed by atoms with Gasteiger partial charge in [-0.15, -0.1) is 0 Å². The number of urea groups is 1. The largest absolute Gasteiger partial charge is 0.416 e. The summed E-state index contributed by atoms with van der Waals surface area (Å²) in [5, 5.41) is 2.78. The first-order valence-electron chi connectivity index (χ1n) is 9.67. The molecule has 0 aliphatic carbocycles. The van der Waals surface area contributed by atoms with Gasteiger partial charge in [0.2, 0.25) is 0 Å². The molecule has 11 heteroatoms. The van der Waals surface area contributed by atoms with Gasteiger partial charge in [-0.2, -0.15) is 21.6 Å². The van der Waals surface area contributed by atoms with E-state index >= 15 is 0 Å².